The Hall–Kier alpha value is -0.570. The first-order valence-electron chi connectivity index (χ1n) is 6.90. The van der Waals surface area contributed by atoms with Crippen LogP contribution in [0, 0.1) is 0 Å². The van der Waals surface area contributed by atoms with E-state index in [0.717, 1.165) is 18.0 Å². The van der Waals surface area contributed by atoms with Gasteiger partial charge in [-0.3, -0.25) is 0 Å². The molecule has 1 heterocycles. The van der Waals surface area contributed by atoms with E-state index in [9.17, 15) is 0 Å². The van der Waals surface area contributed by atoms with Crippen LogP contribution in [-0.4, -0.2) is 37.6 Å². The van der Waals surface area contributed by atoms with Crippen LogP contribution in [0.5, 0.6) is 0 Å². The molecule has 1 aromatic carbocycles. The molecule has 1 fully saturated rings. The summed E-state index contributed by atoms with van der Waals surface area (Å²) >= 11 is 5.88. The topological polar surface area (TPSA) is 15.3 Å². The van der Waals surface area contributed by atoms with Gasteiger partial charge in [-0.15, -0.1) is 0 Å². The van der Waals surface area contributed by atoms with E-state index in [0.29, 0.717) is 6.04 Å². The summed E-state index contributed by atoms with van der Waals surface area (Å²) in [5.74, 6) is 0. The standard InChI is InChI=1S/C15H23ClN2/c1-18-11-2-3-15(9-12-18)17-10-8-13-4-6-14(16)7-5-13/h4-7,15,17H,2-3,8-12H2,1H3. The number of halogens is 1. The SMILES string of the molecule is CN1CCCC(NCCc2ccc(Cl)cc2)CC1. The Labute approximate surface area is 115 Å². The highest BCUT2D eigenvalue weighted by atomic mass is 35.5. The van der Waals surface area contributed by atoms with Crippen molar-refractivity contribution in [1.29, 1.82) is 0 Å². The minimum Gasteiger partial charge on any atom is -0.314 e. The fourth-order valence-corrected chi connectivity index (χ4v) is 2.64. The maximum Gasteiger partial charge on any atom is 0.0406 e. The lowest BCUT2D eigenvalue weighted by molar-refractivity contribution is 0.344. The highest BCUT2D eigenvalue weighted by Gasteiger charge is 2.13. The molecule has 1 N–H and O–H groups in total. The van der Waals surface area contributed by atoms with Crippen molar-refractivity contribution in [3.05, 3.63) is 34.9 Å². The summed E-state index contributed by atoms with van der Waals surface area (Å²) < 4.78 is 0. The van der Waals surface area contributed by atoms with Gasteiger partial charge >= 0.3 is 0 Å². The van der Waals surface area contributed by atoms with E-state index in [1.54, 1.807) is 0 Å². The third-order valence-corrected chi connectivity index (χ3v) is 3.96. The van der Waals surface area contributed by atoms with Crippen LogP contribution in [0.1, 0.15) is 24.8 Å². The zero-order valence-corrected chi connectivity index (χ0v) is 11.9. The van der Waals surface area contributed by atoms with Gasteiger partial charge in [0, 0.05) is 11.1 Å². The summed E-state index contributed by atoms with van der Waals surface area (Å²) in [5, 5.41) is 4.50. The van der Waals surface area contributed by atoms with Crippen LogP contribution in [0.25, 0.3) is 0 Å². The molecule has 0 saturated carbocycles. The summed E-state index contributed by atoms with van der Waals surface area (Å²) in [5.41, 5.74) is 1.36. The smallest absolute Gasteiger partial charge is 0.0406 e. The highest BCUT2D eigenvalue weighted by Crippen LogP contribution is 2.11. The van der Waals surface area contributed by atoms with Crippen LogP contribution in [0.15, 0.2) is 24.3 Å². The van der Waals surface area contributed by atoms with Crippen molar-refractivity contribution in [3.8, 4) is 0 Å². The Morgan fingerprint density at radius 1 is 1.22 bits per heavy atom. The molecule has 0 radical (unpaired) electrons. The Morgan fingerprint density at radius 2 is 2.00 bits per heavy atom. The van der Waals surface area contributed by atoms with E-state index in [1.165, 1.54) is 37.9 Å². The van der Waals surface area contributed by atoms with Crippen LogP contribution in [-0.2, 0) is 6.42 Å². The van der Waals surface area contributed by atoms with Gasteiger partial charge in [0.15, 0.2) is 0 Å². The van der Waals surface area contributed by atoms with Gasteiger partial charge < -0.3 is 10.2 Å². The van der Waals surface area contributed by atoms with Gasteiger partial charge in [0.2, 0.25) is 0 Å². The number of hydrogen-bond donors (Lipinski definition) is 1. The minimum atomic E-state index is 0.697. The van der Waals surface area contributed by atoms with Crippen LogP contribution in [0.2, 0.25) is 5.02 Å². The van der Waals surface area contributed by atoms with E-state index < -0.39 is 0 Å². The van der Waals surface area contributed by atoms with Crippen molar-refractivity contribution in [2.24, 2.45) is 0 Å². The van der Waals surface area contributed by atoms with E-state index in [-0.39, 0.29) is 0 Å². The molecule has 3 heteroatoms. The molecule has 0 amide bonds. The summed E-state index contributed by atoms with van der Waals surface area (Å²) in [7, 11) is 2.22. The quantitative estimate of drug-likeness (QED) is 0.902. The van der Waals surface area contributed by atoms with Crippen molar-refractivity contribution < 1.29 is 0 Å². The number of nitrogens with one attached hydrogen (secondary N) is 1. The Bertz CT molecular complexity index is 350. The molecule has 0 bridgehead atoms. The molecule has 1 unspecified atom stereocenters. The van der Waals surface area contributed by atoms with Crippen molar-refractivity contribution >= 4 is 11.6 Å². The Morgan fingerprint density at radius 3 is 2.78 bits per heavy atom. The molecule has 100 valence electrons. The van der Waals surface area contributed by atoms with Crippen molar-refractivity contribution in [1.82, 2.24) is 10.2 Å². The monoisotopic (exact) mass is 266 g/mol. The van der Waals surface area contributed by atoms with Crippen molar-refractivity contribution in [2.45, 2.75) is 31.7 Å². The average Bonchev–Trinajstić information content (AvgIpc) is 2.57. The summed E-state index contributed by atoms with van der Waals surface area (Å²) in [6.45, 7) is 3.53. The largest absolute Gasteiger partial charge is 0.314 e. The van der Waals surface area contributed by atoms with E-state index in [4.69, 9.17) is 11.6 Å². The first-order chi connectivity index (χ1) is 8.74. The first-order valence-corrected chi connectivity index (χ1v) is 7.28. The van der Waals surface area contributed by atoms with Gasteiger partial charge in [0.25, 0.3) is 0 Å². The number of hydrogen-bond acceptors (Lipinski definition) is 2. The van der Waals surface area contributed by atoms with Gasteiger partial charge in [0.05, 0.1) is 0 Å². The first kappa shape index (κ1) is 13.9. The van der Waals surface area contributed by atoms with Crippen molar-refractivity contribution in [2.75, 3.05) is 26.7 Å². The van der Waals surface area contributed by atoms with Gasteiger partial charge in [-0.25, -0.2) is 0 Å². The summed E-state index contributed by atoms with van der Waals surface area (Å²) in [4.78, 5) is 2.43. The zero-order valence-electron chi connectivity index (χ0n) is 11.2. The fourth-order valence-electron chi connectivity index (χ4n) is 2.52. The third kappa shape index (κ3) is 4.60. The second-order valence-electron chi connectivity index (χ2n) is 5.26. The van der Waals surface area contributed by atoms with Gasteiger partial charge in [0.1, 0.15) is 0 Å². The molecule has 1 aliphatic heterocycles. The maximum atomic E-state index is 5.88. The maximum absolute atomic E-state index is 5.88. The second kappa shape index (κ2) is 7.13. The number of likely N-dealkylation sites (tertiary alicyclic amines) is 1. The molecular formula is C15H23ClN2. The second-order valence-corrected chi connectivity index (χ2v) is 5.70. The number of nitrogens with zero attached hydrogens (tertiary/aromatic N) is 1. The van der Waals surface area contributed by atoms with Gasteiger partial charge in [-0.1, -0.05) is 23.7 Å². The van der Waals surface area contributed by atoms with Crippen LogP contribution in [0.3, 0.4) is 0 Å². The molecule has 1 aliphatic rings. The van der Waals surface area contributed by atoms with E-state index in [1.807, 2.05) is 12.1 Å². The lowest BCUT2D eigenvalue weighted by atomic mass is 10.1. The molecule has 0 aliphatic carbocycles. The Balaban J connectivity index is 1.70. The van der Waals surface area contributed by atoms with E-state index >= 15 is 0 Å². The van der Waals surface area contributed by atoms with E-state index in [2.05, 4.69) is 29.4 Å². The molecule has 2 rings (SSSR count). The third-order valence-electron chi connectivity index (χ3n) is 3.71. The lowest BCUT2D eigenvalue weighted by Gasteiger charge is -2.16. The predicted molar refractivity (Wildman–Crippen MR) is 78.3 cm³/mol. The fraction of sp³-hybridized carbons (Fsp3) is 0.600. The molecule has 0 aromatic heterocycles. The van der Waals surface area contributed by atoms with Gasteiger partial charge in [-0.2, -0.15) is 0 Å². The molecule has 1 aromatic rings. The zero-order chi connectivity index (χ0) is 12.8. The number of rotatable bonds is 4. The summed E-state index contributed by atoms with van der Waals surface area (Å²) in [6, 6.07) is 8.87. The van der Waals surface area contributed by atoms with Crippen LogP contribution >= 0.6 is 11.6 Å². The van der Waals surface area contributed by atoms with Crippen molar-refractivity contribution in [3.63, 3.8) is 0 Å². The normalized spacial score (nSPS) is 21.8. The number of benzene rings is 1. The highest BCUT2D eigenvalue weighted by molar-refractivity contribution is 6.30. The molecule has 2 nitrogen and oxygen atoms in total. The molecular weight excluding hydrogens is 244 g/mol. The minimum absolute atomic E-state index is 0.697. The predicted octanol–water partition coefficient (Wildman–Crippen LogP) is 2.96. The Kier molecular flexibility index (Phi) is 5.48. The van der Waals surface area contributed by atoms with Gasteiger partial charge in [-0.05, 0) is 70.1 Å². The summed E-state index contributed by atoms with van der Waals surface area (Å²) in [6.07, 6.45) is 4.99. The lowest BCUT2D eigenvalue weighted by Crippen LogP contribution is -2.31. The van der Waals surface area contributed by atoms with Crippen LogP contribution < -0.4 is 5.32 Å². The molecule has 1 atom stereocenters. The molecule has 18 heavy (non-hydrogen) atoms. The molecule has 0 spiro atoms. The van der Waals surface area contributed by atoms with Crippen LogP contribution in [0.4, 0.5) is 0 Å². The molecule has 1 saturated heterocycles. The average molecular weight is 267 g/mol.